The summed E-state index contributed by atoms with van der Waals surface area (Å²) < 4.78 is 0. The molecule has 1 nitrogen and oxygen atoms in total. The van der Waals surface area contributed by atoms with Gasteiger partial charge in [-0.15, -0.1) is 0 Å². The Labute approximate surface area is 106 Å². The fraction of sp³-hybridized carbons (Fsp3) is 0.625. The Hall–Kier alpha value is -0.820. The number of benzene rings is 1. The summed E-state index contributed by atoms with van der Waals surface area (Å²) in [6, 6.07) is 10.8. The Morgan fingerprint density at radius 1 is 1.12 bits per heavy atom. The Bertz CT molecular complexity index is 297. The smallest absolute Gasteiger partial charge is 0.00757 e. The molecule has 1 fully saturated rings. The van der Waals surface area contributed by atoms with E-state index in [-0.39, 0.29) is 5.41 Å². The first kappa shape index (κ1) is 14.2. The Morgan fingerprint density at radius 2 is 1.65 bits per heavy atom. The molecule has 1 aromatic carbocycles. The van der Waals surface area contributed by atoms with E-state index in [0.29, 0.717) is 0 Å². The van der Waals surface area contributed by atoms with Crippen LogP contribution in [0.5, 0.6) is 0 Å². The van der Waals surface area contributed by atoms with Crippen molar-refractivity contribution in [2.24, 2.45) is 11.7 Å². The van der Waals surface area contributed by atoms with Gasteiger partial charge in [-0.1, -0.05) is 51.1 Å². The van der Waals surface area contributed by atoms with Gasteiger partial charge in [0.1, 0.15) is 0 Å². The van der Waals surface area contributed by atoms with Crippen molar-refractivity contribution in [1.29, 1.82) is 0 Å². The molecule has 0 bridgehead atoms. The van der Waals surface area contributed by atoms with E-state index in [9.17, 15) is 0 Å². The molecule has 0 heterocycles. The molecule has 96 valence electrons. The van der Waals surface area contributed by atoms with Gasteiger partial charge in [0.05, 0.1) is 0 Å². The average molecular weight is 233 g/mol. The van der Waals surface area contributed by atoms with Crippen LogP contribution >= 0.6 is 0 Å². The lowest BCUT2D eigenvalue weighted by Gasteiger charge is -2.39. The predicted octanol–water partition coefficient (Wildman–Crippen LogP) is 4.12. The van der Waals surface area contributed by atoms with Crippen LogP contribution in [-0.2, 0) is 5.41 Å². The fourth-order valence-corrected chi connectivity index (χ4v) is 2.72. The molecule has 2 rings (SSSR count). The Balaban J connectivity index is 0.000000686. The van der Waals surface area contributed by atoms with Crippen LogP contribution in [0.15, 0.2) is 30.3 Å². The summed E-state index contributed by atoms with van der Waals surface area (Å²) in [5, 5.41) is 0. The van der Waals surface area contributed by atoms with Crippen LogP contribution in [0.25, 0.3) is 0 Å². The van der Waals surface area contributed by atoms with Crippen LogP contribution in [0.1, 0.15) is 52.0 Å². The first-order valence-corrected chi connectivity index (χ1v) is 7.02. The van der Waals surface area contributed by atoms with Crippen molar-refractivity contribution in [3.8, 4) is 0 Å². The highest BCUT2D eigenvalue weighted by molar-refractivity contribution is 5.26. The van der Waals surface area contributed by atoms with Gasteiger partial charge < -0.3 is 5.73 Å². The summed E-state index contributed by atoms with van der Waals surface area (Å²) in [4.78, 5) is 0. The van der Waals surface area contributed by atoms with Crippen LogP contribution in [-0.4, -0.2) is 6.54 Å². The van der Waals surface area contributed by atoms with Gasteiger partial charge in [-0.3, -0.25) is 0 Å². The van der Waals surface area contributed by atoms with E-state index < -0.39 is 0 Å². The maximum absolute atomic E-state index is 6.02. The third-order valence-electron chi connectivity index (χ3n) is 4.01. The average Bonchev–Trinajstić information content (AvgIpc) is 2.43. The largest absolute Gasteiger partial charge is 0.330 e. The zero-order valence-corrected chi connectivity index (χ0v) is 11.6. The summed E-state index contributed by atoms with van der Waals surface area (Å²) >= 11 is 0. The molecule has 1 aliphatic rings. The molecule has 1 saturated carbocycles. The second kappa shape index (κ2) is 6.80. The van der Waals surface area contributed by atoms with Crippen molar-refractivity contribution in [2.75, 3.05) is 6.54 Å². The quantitative estimate of drug-likeness (QED) is 0.817. The van der Waals surface area contributed by atoms with Gasteiger partial charge in [0.15, 0.2) is 0 Å². The minimum absolute atomic E-state index is 0.272. The Kier molecular flexibility index (Phi) is 5.70. The van der Waals surface area contributed by atoms with Crippen molar-refractivity contribution in [3.63, 3.8) is 0 Å². The molecule has 0 aliphatic heterocycles. The van der Waals surface area contributed by atoms with Crippen LogP contribution in [0.3, 0.4) is 0 Å². The lowest BCUT2D eigenvalue weighted by molar-refractivity contribution is 0.247. The normalized spacial score (nSPS) is 28.1. The molecule has 1 aromatic rings. The molecule has 0 unspecified atom stereocenters. The molecule has 0 saturated heterocycles. The SMILES string of the molecule is CC.CC1CCC(CN)(c2ccccc2)CC1. The van der Waals surface area contributed by atoms with Crippen LogP contribution in [0.4, 0.5) is 0 Å². The number of nitrogens with two attached hydrogens (primary N) is 1. The van der Waals surface area contributed by atoms with Gasteiger partial charge in [0.25, 0.3) is 0 Å². The van der Waals surface area contributed by atoms with E-state index in [1.165, 1.54) is 31.2 Å². The molecule has 0 amide bonds. The molecular formula is C16H27N. The highest BCUT2D eigenvalue weighted by Gasteiger charge is 2.34. The molecule has 1 aliphatic carbocycles. The maximum atomic E-state index is 6.02. The van der Waals surface area contributed by atoms with Gasteiger partial charge >= 0.3 is 0 Å². The first-order valence-electron chi connectivity index (χ1n) is 7.02. The lowest BCUT2D eigenvalue weighted by Crippen LogP contribution is -2.38. The molecule has 17 heavy (non-hydrogen) atoms. The standard InChI is InChI=1S/C14H21N.C2H6/c1-12-7-9-14(11-15,10-8-12)13-5-3-2-4-6-13;1-2/h2-6,12H,7-11,15H2,1H3;1-2H3. The monoisotopic (exact) mass is 233 g/mol. The zero-order chi connectivity index (χ0) is 12.7. The second-order valence-electron chi connectivity index (χ2n) is 5.03. The van der Waals surface area contributed by atoms with Crippen molar-refractivity contribution in [1.82, 2.24) is 0 Å². The van der Waals surface area contributed by atoms with Gasteiger partial charge in [-0.25, -0.2) is 0 Å². The van der Waals surface area contributed by atoms with Crippen LogP contribution in [0.2, 0.25) is 0 Å². The minimum atomic E-state index is 0.272. The van der Waals surface area contributed by atoms with E-state index in [1.807, 2.05) is 13.8 Å². The summed E-state index contributed by atoms with van der Waals surface area (Å²) in [5.74, 6) is 0.883. The lowest BCUT2D eigenvalue weighted by atomic mass is 9.67. The predicted molar refractivity (Wildman–Crippen MR) is 76.2 cm³/mol. The van der Waals surface area contributed by atoms with E-state index in [1.54, 1.807) is 0 Å². The molecule has 0 radical (unpaired) electrons. The Morgan fingerprint density at radius 3 is 2.12 bits per heavy atom. The van der Waals surface area contributed by atoms with Crippen LogP contribution in [0, 0.1) is 5.92 Å². The third-order valence-corrected chi connectivity index (χ3v) is 4.01. The van der Waals surface area contributed by atoms with E-state index >= 15 is 0 Å². The van der Waals surface area contributed by atoms with Crippen molar-refractivity contribution in [3.05, 3.63) is 35.9 Å². The van der Waals surface area contributed by atoms with Crippen molar-refractivity contribution in [2.45, 2.75) is 51.9 Å². The van der Waals surface area contributed by atoms with Gasteiger partial charge in [-0.05, 0) is 37.2 Å². The molecule has 0 aromatic heterocycles. The molecule has 0 spiro atoms. The summed E-state index contributed by atoms with van der Waals surface area (Å²) in [5.41, 5.74) is 7.73. The second-order valence-corrected chi connectivity index (χ2v) is 5.03. The van der Waals surface area contributed by atoms with E-state index in [4.69, 9.17) is 5.73 Å². The summed E-state index contributed by atoms with van der Waals surface area (Å²) in [7, 11) is 0. The third kappa shape index (κ3) is 3.32. The molecule has 0 atom stereocenters. The number of hydrogen-bond donors (Lipinski definition) is 1. The van der Waals surface area contributed by atoms with Crippen molar-refractivity contribution >= 4 is 0 Å². The molecule has 2 N–H and O–H groups in total. The van der Waals surface area contributed by atoms with E-state index in [2.05, 4.69) is 37.3 Å². The molecule has 1 heteroatoms. The molecular weight excluding hydrogens is 206 g/mol. The fourth-order valence-electron chi connectivity index (χ4n) is 2.72. The van der Waals surface area contributed by atoms with Gasteiger partial charge in [0.2, 0.25) is 0 Å². The van der Waals surface area contributed by atoms with Crippen LogP contribution < -0.4 is 5.73 Å². The highest BCUT2D eigenvalue weighted by atomic mass is 14.6. The van der Waals surface area contributed by atoms with E-state index in [0.717, 1.165) is 12.5 Å². The topological polar surface area (TPSA) is 26.0 Å². The van der Waals surface area contributed by atoms with Gasteiger partial charge in [0, 0.05) is 12.0 Å². The minimum Gasteiger partial charge on any atom is -0.330 e. The highest BCUT2D eigenvalue weighted by Crippen LogP contribution is 2.40. The van der Waals surface area contributed by atoms with Crippen molar-refractivity contribution < 1.29 is 0 Å². The number of hydrogen-bond acceptors (Lipinski definition) is 1. The summed E-state index contributed by atoms with van der Waals surface area (Å²) in [6.45, 7) is 7.15. The zero-order valence-electron chi connectivity index (χ0n) is 11.6. The van der Waals surface area contributed by atoms with Gasteiger partial charge in [-0.2, -0.15) is 0 Å². The maximum Gasteiger partial charge on any atom is 0.00757 e. The number of rotatable bonds is 2. The summed E-state index contributed by atoms with van der Waals surface area (Å²) in [6.07, 6.45) is 5.17. The first-order chi connectivity index (χ1) is 8.27.